The third kappa shape index (κ3) is 3.05. The van der Waals surface area contributed by atoms with E-state index in [1.54, 1.807) is 13.8 Å². The fraction of sp³-hybridized carbons (Fsp3) is 0.727. The van der Waals surface area contributed by atoms with Crippen LogP contribution in [0.15, 0.2) is 0 Å². The Bertz CT molecular complexity index is 219. The summed E-state index contributed by atoms with van der Waals surface area (Å²) in [4.78, 5) is 34.1. The highest BCUT2D eigenvalue weighted by atomic mass is 16.2. The molecule has 0 aromatic carbocycles. The molecule has 0 saturated carbocycles. The van der Waals surface area contributed by atoms with Crippen LogP contribution >= 0.6 is 0 Å². The first-order chi connectivity index (χ1) is 6.45. The van der Waals surface area contributed by atoms with Gasteiger partial charge in [-0.1, -0.05) is 27.7 Å². The number of Topliss-reactive ketones (excluding diaryl/α,β-unsaturated/α-hetero) is 3. The molecule has 3 nitrogen and oxygen atoms in total. The van der Waals surface area contributed by atoms with E-state index in [0.717, 1.165) is 0 Å². The lowest BCUT2D eigenvalue weighted by molar-refractivity contribution is -0.146. The van der Waals surface area contributed by atoms with Crippen LogP contribution in [0.25, 0.3) is 0 Å². The molecule has 3 heteroatoms. The Kier molecular flexibility index (Phi) is 5.28. The summed E-state index contributed by atoms with van der Waals surface area (Å²) in [6.07, 6.45) is 1.19. The van der Waals surface area contributed by atoms with Crippen molar-refractivity contribution in [1.82, 2.24) is 0 Å². The SMILES string of the molecule is CCC(C)C(=O)C(=O)C(=O)C(C)CC. The zero-order valence-electron chi connectivity index (χ0n) is 9.29. The third-order valence-corrected chi connectivity index (χ3v) is 2.57. The van der Waals surface area contributed by atoms with Crippen LogP contribution in [0.3, 0.4) is 0 Å². The predicted octanol–water partition coefficient (Wildman–Crippen LogP) is 1.79. The monoisotopic (exact) mass is 198 g/mol. The van der Waals surface area contributed by atoms with Crippen molar-refractivity contribution < 1.29 is 14.4 Å². The summed E-state index contributed by atoms with van der Waals surface area (Å²) in [6.45, 7) is 6.99. The van der Waals surface area contributed by atoms with E-state index in [1.807, 2.05) is 13.8 Å². The Balaban J connectivity index is 4.48. The molecule has 0 aliphatic carbocycles. The molecule has 0 amide bonds. The van der Waals surface area contributed by atoms with Gasteiger partial charge in [-0.2, -0.15) is 0 Å². The van der Waals surface area contributed by atoms with Gasteiger partial charge in [-0.25, -0.2) is 0 Å². The maximum atomic E-state index is 11.4. The number of ketones is 3. The summed E-state index contributed by atoms with van der Waals surface area (Å²) in [6, 6.07) is 0. The molecule has 0 heterocycles. The summed E-state index contributed by atoms with van der Waals surface area (Å²) < 4.78 is 0. The van der Waals surface area contributed by atoms with E-state index in [2.05, 4.69) is 0 Å². The van der Waals surface area contributed by atoms with Gasteiger partial charge in [0.1, 0.15) is 0 Å². The molecule has 0 radical (unpaired) electrons. The van der Waals surface area contributed by atoms with Crippen molar-refractivity contribution in [2.75, 3.05) is 0 Å². The molecule has 14 heavy (non-hydrogen) atoms. The number of hydrogen-bond donors (Lipinski definition) is 0. The Morgan fingerprint density at radius 1 is 0.857 bits per heavy atom. The van der Waals surface area contributed by atoms with Crippen molar-refractivity contribution in [3.05, 3.63) is 0 Å². The van der Waals surface area contributed by atoms with Crippen molar-refractivity contribution in [2.24, 2.45) is 11.8 Å². The highest BCUT2D eigenvalue weighted by Gasteiger charge is 2.28. The fourth-order valence-corrected chi connectivity index (χ4v) is 0.940. The third-order valence-electron chi connectivity index (χ3n) is 2.57. The second kappa shape index (κ2) is 5.68. The summed E-state index contributed by atoms with van der Waals surface area (Å²) in [5.41, 5.74) is 0. The number of carbonyl (C=O) groups excluding carboxylic acids is 3. The van der Waals surface area contributed by atoms with E-state index in [9.17, 15) is 14.4 Å². The molecular weight excluding hydrogens is 180 g/mol. The molecule has 0 aromatic rings. The molecule has 0 aliphatic heterocycles. The van der Waals surface area contributed by atoms with E-state index >= 15 is 0 Å². The minimum atomic E-state index is -0.825. The van der Waals surface area contributed by atoms with Crippen LogP contribution in [0.2, 0.25) is 0 Å². The van der Waals surface area contributed by atoms with E-state index < -0.39 is 17.3 Å². The normalized spacial score (nSPS) is 14.6. The van der Waals surface area contributed by atoms with Gasteiger partial charge in [0.2, 0.25) is 11.6 Å². The molecule has 0 bridgehead atoms. The summed E-state index contributed by atoms with van der Waals surface area (Å²) >= 11 is 0. The van der Waals surface area contributed by atoms with Crippen LogP contribution in [-0.2, 0) is 14.4 Å². The molecule has 80 valence electrons. The van der Waals surface area contributed by atoms with Gasteiger partial charge in [-0.3, -0.25) is 14.4 Å². The minimum absolute atomic E-state index is 0.337. The van der Waals surface area contributed by atoms with Crippen molar-refractivity contribution >= 4 is 17.3 Å². The van der Waals surface area contributed by atoms with Crippen molar-refractivity contribution in [3.8, 4) is 0 Å². The molecule has 0 saturated heterocycles. The first-order valence-corrected chi connectivity index (χ1v) is 5.08. The van der Waals surface area contributed by atoms with Crippen LogP contribution in [-0.4, -0.2) is 17.3 Å². The van der Waals surface area contributed by atoms with Gasteiger partial charge in [0.05, 0.1) is 0 Å². The van der Waals surface area contributed by atoms with Crippen LogP contribution in [0.4, 0.5) is 0 Å². The second-order valence-electron chi connectivity index (χ2n) is 3.68. The fourth-order valence-electron chi connectivity index (χ4n) is 0.940. The average molecular weight is 198 g/mol. The topological polar surface area (TPSA) is 51.2 Å². The summed E-state index contributed by atoms with van der Waals surface area (Å²) in [5, 5.41) is 0. The first kappa shape index (κ1) is 13.0. The average Bonchev–Trinajstić information content (AvgIpc) is 2.23. The molecule has 0 N–H and O–H groups in total. The molecule has 2 atom stereocenters. The largest absolute Gasteiger partial charge is 0.290 e. The van der Waals surface area contributed by atoms with Gasteiger partial charge in [0.15, 0.2) is 0 Å². The highest BCUT2D eigenvalue weighted by Crippen LogP contribution is 2.08. The number of carbonyl (C=O) groups is 3. The Hall–Kier alpha value is -0.990. The Morgan fingerprint density at radius 2 is 1.14 bits per heavy atom. The molecule has 0 aromatic heterocycles. The lowest BCUT2D eigenvalue weighted by atomic mass is 9.92. The lowest BCUT2D eigenvalue weighted by Gasteiger charge is -2.08. The standard InChI is InChI=1S/C11H18O3/c1-5-7(3)9(12)11(14)10(13)8(4)6-2/h7-8H,5-6H2,1-4H3. The van der Waals surface area contributed by atoms with E-state index in [0.29, 0.717) is 12.8 Å². The molecular formula is C11H18O3. The first-order valence-electron chi connectivity index (χ1n) is 5.08. The molecule has 0 fully saturated rings. The van der Waals surface area contributed by atoms with Gasteiger partial charge in [0.25, 0.3) is 5.78 Å². The smallest absolute Gasteiger partial charge is 0.264 e. The molecule has 0 rings (SSSR count). The molecule has 2 unspecified atom stereocenters. The predicted molar refractivity (Wildman–Crippen MR) is 53.9 cm³/mol. The molecule has 0 spiro atoms. The lowest BCUT2D eigenvalue weighted by Crippen LogP contribution is -2.32. The van der Waals surface area contributed by atoms with Crippen LogP contribution < -0.4 is 0 Å². The van der Waals surface area contributed by atoms with E-state index in [1.165, 1.54) is 0 Å². The van der Waals surface area contributed by atoms with Crippen LogP contribution in [0.1, 0.15) is 40.5 Å². The van der Waals surface area contributed by atoms with E-state index in [4.69, 9.17) is 0 Å². The van der Waals surface area contributed by atoms with E-state index in [-0.39, 0.29) is 11.8 Å². The van der Waals surface area contributed by atoms with Gasteiger partial charge >= 0.3 is 0 Å². The zero-order valence-corrected chi connectivity index (χ0v) is 9.29. The highest BCUT2D eigenvalue weighted by molar-refractivity contribution is 6.64. The van der Waals surface area contributed by atoms with Gasteiger partial charge in [-0.15, -0.1) is 0 Å². The number of hydrogen-bond acceptors (Lipinski definition) is 3. The Labute approximate surface area is 84.9 Å². The quantitative estimate of drug-likeness (QED) is 0.483. The van der Waals surface area contributed by atoms with Gasteiger partial charge in [-0.05, 0) is 12.8 Å². The Morgan fingerprint density at radius 3 is 1.36 bits per heavy atom. The van der Waals surface area contributed by atoms with Crippen molar-refractivity contribution in [2.45, 2.75) is 40.5 Å². The van der Waals surface area contributed by atoms with Gasteiger partial charge < -0.3 is 0 Å². The van der Waals surface area contributed by atoms with Crippen LogP contribution in [0, 0.1) is 11.8 Å². The maximum absolute atomic E-state index is 11.4. The number of rotatable bonds is 6. The van der Waals surface area contributed by atoms with Crippen molar-refractivity contribution in [3.63, 3.8) is 0 Å². The van der Waals surface area contributed by atoms with Gasteiger partial charge in [0, 0.05) is 11.8 Å². The van der Waals surface area contributed by atoms with Crippen molar-refractivity contribution in [1.29, 1.82) is 0 Å². The molecule has 0 aliphatic rings. The zero-order chi connectivity index (χ0) is 11.3. The minimum Gasteiger partial charge on any atom is -0.290 e. The summed E-state index contributed by atoms with van der Waals surface area (Å²) in [5.74, 6) is -2.59. The maximum Gasteiger partial charge on any atom is 0.264 e. The van der Waals surface area contributed by atoms with Crippen LogP contribution in [0.5, 0.6) is 0 Å². The summed E-state index contributed by atoms with van der Waals surface area (Å²) in [7, 11) is 0. The second-order valence-corrected chi connectivity index (χ2v) is 3.68.